The molecule has 0 spiro atoms. The summed E-state index contributed by atoms with van der Waals surface area (Å²) in [6, 6.07) is 4.77. The molecule has 1 aromatic rings. The molecule has 2 aliphatic rings. The van der Waals surface area contributed by atoms with Crippen molar-refractivity contribution in [1.82, 2.24) is 15.6 Å². The second-order valence-corrected chi connectivity index (χ2v) is 5.58. The highest BCUT2D eigenvalue weighted by atomic mass is 35.5. The Hall–Kier alpha value is -1.13. The molecule has 2 aliphatic heterocycles. The molecule has 0 radical (unpaired) electrons. The number of nitrogens with zero attached hydrogens (tertiary/aromatic N) is 1. The summed E-state index contributed by atoms with van der Waals surface area (Å²) in [5, 5.41) is 7.17. The lowest BCUT2D eigenvalue weighted by Gasteiger charge is -2.29. The zero-order valence-electron chi connectivity index (χ0n) is 10.0. The number of aromatic nitrogens is 1. The van der Waals surface area contributed by atoms with Gasteiger partial charge in [-0.05, 0) is 37.8 Å². The molecule has 0 aromatic carbocycles. The van der Waals surface area contributed by atoms with Crippen LogP contribution in [-0.4, -0.2) is 29.0 Å². The Kier molecular flexibility index (Phi) is 3.22. The lowest BCUT2D eigenvalue weighted by molar-refractivity contribution is 0.0919. The highest BCUT2D eigenvalue weighted by molar-refractivity contribution is 6.30. The van der Waals surface area contributed by atoms with Crippen LogP contribution in [0.4, 0.5) is 0 Å². The summed E-state index contributed by atoms with van der Waals surface area (Å²) in [5.41, 5.74) is 0.435. The third-order valence-corrected chi connectivity index (χ3v) is 3.99. The molecule has 3 rings (SSSR count). The largest absolute Gasteiger partial charge is 0.348 e. The molecule has 1 aromatic heterocycles. The number of pyridine rings is 1. The first kappa shape index (κ1) is 11.9. The van der Waals surface area contributed by atoms with Gasteiger partial charge in [0.1, 0.15) is 5.69 Å². The van der Waals surface area contributed by atoms with Crippen LogP contribution in [0.1, 0.15) is 36.2 Å². The Labute approximate surface area is 111 Å². The molecule has 18 heavy (non-hydrogen) atoms. The quantitative estimate of drug-likeness (QED) is 0.857. The van der Waals surface area contributed by atoms with Gasteiger partial charge in [-0.25, -0.2) is 4.98 Å². The molecule has 96 valence electrons. The number of carbonyl (C=O) groups is 1. The van der Waals surface area contributed by atoms with Gasteiger partial charge in [0.2, 0.25) is 0 Å². The van der Waals surface area contributed by atoms with Gasteiger partial charge < -0.3 is 10.6 Å². The van der Waals surface area contributed by atoms with Gasteiger partial charge in [0, 0.05) is 24.3 Å². The lowest BCUT2D eigenvalue weighted by Crippen LogP contribution is -2.48. The minimum atomic E-state index is -0.0991. The van der Waals surface area contributed by atoms with E-state index in [-0.39, 0.29) is 11.9 Å². The average molecular weight is 266 g/mol. The zero-order valence-corrected chi connectivity index (χ0v) is 10.8. The number of hydrogen-bond donors (Lipinski definition) is 2. The van der Waals surface area contributed by atoms with Crippen LogP contribution in [0.3, 0.4) is 0 Å². The van der Waals surface area contributed by atoms with E-state index in [4.69, 9.17) is 11.6 Å². The molecule has 5 heteroatoms. The van der Waals surface area contributed by atoms with E-state index in [1.807, 2.05) is 0 Å². The topological polar surface area (TPSA) is 54.0 Å². The van der Waals surface area contributed by atoms with Crippen molar-refractivity contribution in [2.75, 3.05) is 0 Å². The van der Waals surface area contributed by atoms with Crippen LogP contribution in [-0.2, 0) is 0 Å². The van der Waals surface area contributed by atoms with Gasteiger partial charge in [0.25, 0.3) is 5.91 Å². The van der Waals surface area contributed by atoms with Crippen LogP contribution in [0.5, 0.6) is 0 Å². The molecule has 2 unspecified atom stereocenters. The Morgan fingerprint density at radius 3 is 2.67 bits per heavy atom. The van der Waals surface area contributed by atoms with E-state index < -0.39 is 0 Å². The van der Waals surface area contributed by atoms with E-state index in [2.05, 4.69) is 15.6 Å². The van der Waals surface area contributed by atoms with Crippen LogP contribution >= 0.6 is 11.6 Å². The molecule has 4 nitrogen and oxygen atoms in total. The van der Waals surface area contributed by atoms with Gasteiger partial charge in [0.15, 0.2) is 0 Å². The van der Waals surface area contributed by atoms with Gasteiger partial charge in [-0.15, -0.1) is 0 Å². The summed E-state index contributed by atoms with van der Waals surface area (Å²) in [6.45, 7) is 0. The summed E-state index contributed by atoms with van der Waals surface area (Å²) in [4.78, 5) is 16.1. The fraction of sp³-hybridized carbons (Fsp3) is 0.538. The van der Waals surface area contributed by atoms with Crippen LogP contribution in [0.2, 0.25) is 5.02 Å². The molecular formula is C13H16ClN3O. The number of nitrogens with one attached hydrogen (secondary N) is 2. The average Bonchev–Trinajstić information content (AvgIpc) is 2.69. The molecule has 2 fully saturated rings. The van der Waals surface area contributed by atoms with E-state index >= 15 is 0 Å². The number of amides is 1. The molecule has 3 heterocycles. The van der Waals surface area contributed by atoms with Crippen LogP contribution in [0, 0.1) is 0 Å². The van der Waals surface area contributed by atoms with Crippen molar-refractivity contribution in [2.45, 2.75) is 43.8 Å². The summed E-state index contributed by atoms with van der Waals surface area (Å²) in [6.07, 6.45) is 6.01. The predicted octanol–water partition coefficient (Wildman–Crippen LogP) is 1.75. The minimum absolute atomic E-state index is 0.0991. The van der Waals surface area contributed by atoms with E-state index in [1.54, 1.807) is 12.1 Å². The first-order chi connectivity index (χ1) is 8.70. The van der Waals surface area contributed by atoms with Crippen LogP contribution in [0.25, 0.3) is 0 Å². The van der Waals surface area contributed by atoms with Gasteiger partial charge in [0.05, 0.1) is 5.02 Å². The van der Waals surface area contributed by atoms with Crippen molar-refractivity contribution >= 4 is 17.5 Å². The zero-order chi connectivity index (χ0) is 12.5. The molecule has 1 amide bonds. The molecule has 2 saturated heterocycles. The maximum absolute atomic E-state index is 12.0. The molecular weight excluding hydrogens is 250 g/mol. The van der Waals surface area contributed by atoms with E-state index in [0.717, 1.165) is 12.8 Å². The van der Waals surface area contributed by atoms with E-state index in [0.29, 0.717) is 22.8 Å². The fourth-order valence-corrected chi connectivity index (χ4v) is 3.06. The highest BCUT2D eigenvalue weighted by Crippen LogP contribution is 2.26. The summed E-state index contributed by atoms with van der Waals surface area (Å²) >= 11 is 5.75. The highest BCUT2D eigenvalue weighted by Gasteiger charge is 2.34. The number of hydrogen-bond acceptors (Lipinski definition) is 3. The lowest BCUT2D eigenvalue weighted by atomic mass is 10.00. The molecule has 2 atom stereocenters. The Bertz CT molecular complexity index is 436. The molecule has 0 aliphatic carbocycles. The second kappa shape index (κ2) is 4.86. The molecule has 0 saturated carbocycles. The minimum Gasteiger partial charge on any atom is -0.348 e. The third kappa shape index (κ3) is 2.49. The van der Waals surface area contributed by atoms with Crippen LogP contribution < -0.4 is 10.6 Å². The number of piperidine rings is 1. The Morgan fingerprint density at radius 2 is 2.06 bits per heavy atom. The summed E-state index contributed by atoms with van der Waals surface area (Å²) in [5.74, 6) is -0.0991. The van der Waals surface area contributed by atoms with Gasteiger partial charge in [-0.2, -0.15) is 0 Å². The van der Waals surface area contributed by atoms with Gasteiger partial charge >= 0.3 is 0 Å². The van der Waals surface area contributed by atoms with Crippen molar-refractivity contribution in [2.24, 2.45) is 0 Å². The van der Waals surface area contributed by atoms with E-state index in [9.17, 15) is 4.79 Å². The number of rotatable bonds is 2. The first-order valence-electron chi connectivity index (χ1n) is 6.39. The normalized spacial score (nSPS) is 30.2. The number of halogens is 1. The third-order valence-electron chi connectivity index (χ3n) is 3.77. The maximum atomic E-state index is 12.0. The first-order valence-corrected chi connectivity index (χ1v) is 6.77. The summed E-state index contributed by atoms with van der Waals surface area (Å²) in [7, 11) is 0. The second-order valence-electron chi connectivity index (χ2n) is 5.14. The molecule has 2 bridgehead atoms. The molecule has 2 N–H and O–H groups in total. The Morgan fingerprint density at radius 1 is 1.33 bits per heavy atom. The Balaban J connectivity index is 1.62. The number of fused-ring (bicyclic) bond motifs is 2. The van der Waals surface area contributed by atoms with Crippen molar-refractivity contribution in [3.63, 3.8) is 0 Å². The standard InChI is InChI=1S/C13H16ClN3O/c14-8-1-4-12(15-7-8)13(18)17-11-5-9-2-3-10(6-11)16-9/h1,4,7,9-11,16H,2-3,5-6H2,(H,17,18). The monoisotopic (exact) mass is 265 g/mol. The van der Waals surface area contributed by atoms with Crippen molar-refractivity contribution in [3.05, 3.63) is 29.0 Å². The van der Waals surface area contributed by atoms with Crippen molar-refractivity contribution in [1.29, 1.82) is 0 Å². The van der Waals surface area contributed by atoms with Crippen molar-refractivity contribution in [3.8, 4) is 0 Å². The summed E-state index contributed by atoms with van der Waals surface area (Å²) < 4.78 is 0. The fourth-order valence-electron chi connectivity index (χ4n) is 2.94. The van der Waals surface area contributed by atoms with Gasteiger partial charge in [-0.3, -0.25) is 4.79 Å². The SMILES string of the molecule is O=C(NC1CC2CCC(C1)N2)c1ccc(Cl)cn1. The van der Waals surface area contributed by atoms with Crippen molar-refractivity contribution < 1.29 is 4.79 Å². The van der Waals surface area contributed by atoms with Gasteiger partial charge in [-0.1, -0.05) is 11.6 Å². The predicted molar refractivity (Wildman–Crippen MR) is 69.7 cm³/mol. The maximum Gasteiger partial charge on any atom is 0.270 e. The smallest absolute Gasteiger partial charge is 0.270 e. The van der Waals surface area contributed by atoms with Crippen LogP contribution in [0.15, 0.2) is 18.3 Å². The van der Waals surface area contributed by atoms with E-state index in [1.165, 1.54) is 19.0 Å². The number of carbonyl (C=O) groups excluding carboxylic acids is 1.